The molecule has 19 heavy (non-hydrogen) atoms. The molecule has 0 unspecified atom stereocenters. The lowest BCUT2D eigenvalue weighted by Gasteiger charge is -2.07. The van der Waals surface area contributed by atoms with Gasteiger partial charge in [-0.15, -0.1) is 0 Å². The fraction of sp³-hybridized carbons (Fsp3) is 0.286. The van der Waals surface area contributed by atoms with Crippen LogP contribution in [-0.2, 0) is 19.9 Å². The van der Waals surface area contributed by atoms with Crippen LogP contribution in [-0.4, -0.2) is 16.7 Å². The van der Waals surface area contributed by atoms with E-state index in [0.717, 1.165) is 11.3 Å². The highest BCUT2D eigenvalue weighted by atomic mass is 19.1. The number of hydrogen-bond donors (Lipinski definition) is 0. The standard InChI is InChI=1S/C14H14FN3O/c1-18-9-17-12(13(18)8-16)5-3-10-7-11(15)4-6-14(10)19-2/h4,6-7,9H,3,5H2,1-2H3. The van der Waals surface area contributed by atoms with Gasteiger partial charge in [0.15, 0.2) is 0 Å². The average Bonchev–Trinajstić information content (AvgIpc) is 2.77. The second-order valence-corrected chi connectivity index (χ2v) is 4.22. The first-order valence-corrected chi connectivity index (χ1v) is 5.88. The van der Waals surface area contributed by atoms with Crippen LogP contribution < -0.4 is 4.74 Å². The van der Waals surface area contributed by atoms with Gasteiger partial charge in [-0.2, -0.15) is 5.26 Å². The molecule has 1 aromatic heterocycles. The summed E-state index contributed by atoms with van der Waals surface area (Å²) >= 11 is 0. The fourth-order valence-corrected chi connectivity index (χ4v) is 2.00. The summed E-state index contributed by atoms with van der Waals surface area (Å²) in [6, 6.07) is 6.54. The van der Waals surface area contributed by atoms with Crippen molar-refractivity contribution in [3.8, 4) is 11.8 Å². The number of nitrogens with zero attached hydrogens (tertiary/aromatic N) is 3. The Labute approximate surface area is 111 Å². The minimum atomic E-state index is -0.294. The van der Waals surface area contributed by atoms with E-state index in [-0.39, 0.29) is 5.82 Å². The lowest BCUT2D eigenvalue weighted by Crippen LogP contribution is -1.99. The zero-order valence-electron chi connectivity index (χ0n) is 10.9. The van der Waals surface area contributed by atoms with Gasteiger partial charge < -0.3 is 9.30 Å². The van der Waals surface area contributed by atoms with Crippen LogP contribution in [0, 0.1) is 17.1 Å². The topological polar surface area (TPSA) is 50.8 Å². The minimum Gasteiger partial charge on any atom is -0.496 e. The van der Waals surface area contributed by atoms with E-state index in [1.165, 1.54) is 12.1 Å². The van der Waals surface area contributed by atoms with Gasteiger partial charge in [0.25, 0.3) is 0 Å². The highest BCUT2D eigenvalue weighted by Crippen LogP contribution is 2.21. The average molecular weight is 259 g/mol. The Morgan fingerprint density at radius 1 is 1.42 bits per heavy atom. The van der Waals surface area contributed by atoms with Gasteiger partial charge in [-0.1, -0.05) is 0 Å². The Hall–Kier alpha value is -2.35. The van der Waals surface area contributed by atoms with E-state index >= 15 is 0 Å². The molecule has 4 nitrogen and oxygen atoms in total. The molecule has 0 saturated heterocycles. The maximum absolute atomic E-state index is 13.2. The number of rotatable bonds is 4. The summed E-state index contributed by atoms with van der Waals surface area (Å²) in [5.41, 5.74) is 2.03. The van der Waals surface area contributed by atoms with Crippen LogP contribution in [0.3, 0.4) is 0 Å². The van der Waals surface area contributed by atoms with Gasteiger partial charge in [0.2, 0.25) is 0 Å². The van der Waals surface area contributed by atoms with Gasteiger partial charge in [-0.3, -0.25) is 0 Å². The van der Waals surface area contributed by atoms with Gasteiger partial charge in [-0.05, 0) is 36.6 Å². The molecule has 2 aromatic rings. The maximum atomic E-state index is 13.2. The number of aromatic nitrogens is 2. The van der Waals surface area contributed by atoms with Gasteiger partial charge >= 0.3 is 0 Å². The van der Waals surface area contributed by atoms with E-state index in [1.807, 2.05) is 0 Å². The summed E-state index contributed by atoms with van der Waals surface area (Å²) in [7, 11) is 3.33. The summed E-state index contributed by atoms with van der Waals surface area (Å²) in [5.74, 6) is 0.355. The summed E-state index contributed by atoms with van der Waals surface area (Å²) < 4.78 is 20.1. The maximum Gasteiger partial charge on any atom is 0.142 e. The SMILES string of the molecule is COc1ccc(F)cc1CCc1ncn(C)c1C#N. The third-order valence-corrected chi connectivity index (χ3v) is 2.99. The van der Waals surface area contributed by atoms with E-state index in [0.29, 0.717) is 24.3 Å². The Morgan fingerprint density at radius 3 is 2.89 bits per heavy atom. The number of ether oxygens (including phenoxy) is 1. The smallest absolute Gasteiger partial charge is 0.142 e. The molecule has 2 rings (SSSR count). The molecule has 1 aromatic carbocycles. The predicted molar refractivity (Wildman–Crippen MR) is 68.3 cm³/mol. The summed E-state index contributed by atoms with van der Waals surface area (Å²) in [6.07, 6.45) is 2.76. The molecule has 5 heteroatoms. The van der Waals surface area contributed by atoms with Crippen LogP contribution in [0.5, 0.6) is 5.75 Å². The second-order valence-electron chi connectivity index (χ2n) is 4.22. The number of methoxy groups -OCH3 is 1. The van der Waals surface area contributed by atoms with Crippen molar-refractivity contribution >= 4 is 0 Å². The largest absolute Gasteiger partial charge is 0.496 e. The Bertz CT molecular complexity index is 628. The molecular weight excluding hydrogens is 245 g/mol. The van der Waals surface area contributed by atoms with Crippen LogP contribution >= 0.6 is 0 Å². The molecule has 0 aliphatic rings. The summed E-state index contributed by atoms with van der Waals surface area (Å²) in [4.78, 5) is 4.19. The van der Waals surface area contributed by atoms with Gasteiger partial charge in [0.05, 0.1) is 19.1 Å². The Morgan fingerprint density at radius 2 is 2.21 bits per heavy atom. The third kappa shape index (κ3) is 2.74. The summed E-state index contributed by atoms with van der Waals surface area (Å²) in [5, 5.41) is 9.03. The van der Waals surface area contributed by atoms with Crippen LogP contribution in [0.2, 0.25) is 0 Å². The molecule has 98 valence electrons. The molecule has 0 fully saturated rings. The molecule has 0 bridgehead atoms. The molecule has 0 amide bonds. The van der Waals surface area contributed by atoms with Crippen molar-refractivity contribution < 1.29 is 9.13 Å². The molecule has 0 spiro atoms. The normalized spacial score (nSPS) is 10.2. The number of nitriles is 1. The van der Waals surface area contributed by atoms with E-state index < -0.39 is 0 Å². The molecule has 0 aliphatic heterocycles. The lowest BCUT2D eigenvalue weighted by molar-refractivity contribution is 0.408. The lowest BCUT2D eigenvalue weighted by atomic mass is 10.1. The minimum absolute atomic E-state index is 0.294. The molecule has 0 N–H and O–H groups in total. The quantitative estimate of drug-likeness (QED) is 0.846. The van der Waals surface area contributed by atoms with Crippen LogP contribution in [0.4, 0.5) is 4.39 Å². The molecular formula is C14H14FN3O. The second kappa shape index (κ2) is 5.53. The number of imidazole rings is 1. The highest BCUT2D eigenvalue weighted by molar-refractivity contribution is 5.35. The van der Waals surface area contributed by atoms with Crippen molar-refractivity contribution in [3.63, 3.8) is 0 Å². The first-order valence-electron chi connectivity index (χ1n) is 5.88. The number of aryl methyl sites for hydroxylation is 3. The zero-order chi connectivity index (χ0) is 13.8. The number of halogens is 1. The van der Waals surface area contributed by atoms with Crippen LogP contribution in [0.25, 0.3) is 0 Å². The van der Waals surface area contributed by atoms with Crippen LogP contribution in [0.15, 0.2) is 24.5 Å². The Balaban J connectivity index is 2.19. The van der Waals surface area contributed by atoms with Gasteiger partial charge in [0.1, 0.15) is 23.3 Å². The first-order chi connectivity index (χ1) is 9.15. The summed E-state index contributed by atoms with van der Waals surface area (Å²) in [6.45, 7) is 0. The van der Waals surface area contributed by atoms with Gasteiger partial charge in [-0.25, -0.2) is 9.37 Å². The van der Waals surface area contributed by atoms with Crippen LogP contribution in [0.1, 0.15) is 17.0 Å². The van der Waals surface area contributed by atoms with E-state index in [2.05, 4.69) is 11.1 Å². The fourth-order valence-electron chi connectivity index (χ4n) is 2.00. The van der Waals surface area contributed by atoms with E-state index in [1.54, 1.807) is 31.1 Å². The van der Waals surface area contributed by atoms with Crippen molar-refractivity contribution in [1.29, 1.82) is 5.26 Å². The molecule has 1 heterocycles. The molecule has 0 saturated carbocycles. The molecule has 0 atom stereocenters. The van der Waals surface area contributed by atoms with E-state index in [4.69, 9.17) is 10.00 Å². The molecule has 0 aliphatic carbocycles. The Kier molecular flexibility index (Phi) is 3.81. The van der Waals surface area contributed by atoms with Crippen molar-refractivity contribution in [2.75, 3.05) is 7.11 Å². The molecule has 0 radical (unpaired) electrons. The monoisotopic (exact) mass is 259 g/mol. The first kappa shape index (κ1) is 13.1. The number of benzene rings is 1. The van der Waals surface area contributed by atoms with Gasteiger partial charge in [0, 0.05) is 7.05 Å². The predicted octanol–water partition coefficient (Wildman–Crippen LogP) is 2.22. The van der Waals surface area contributed by atoms with Crippen molar-refractivity contribution in [1.82, 2.24) is 9.55 Å². The van der Waals surface area contributed by atoms with Crippen molar-refractivity contribution in [2.45, 2.75) is 12.8 Å². The highest BCUT2D eigenvalue weighted by Gasteiger charge is 2.10. The third-order valence-electron chi connectivity index (χ3n) is 2.99. The van der Waals surface area contributed by atoms with Crippen molar-refractivity contribution in [2.24, 2.45) is 7.05 Å². The number of hydrogen-bond acceptors (Lipinski definition) is 3. The van der Waals surface area contributed by atoms with Crippen molar-refractivity contribution in [3.05, 3.63) is 47.3 Å². The van der Waals surface area contributed by atoms with E-state index in [9.17, 15) is 4.39 Å². The zero-order valence-corrected chi connectivity index (χ0v) is 10.9.